The largest absolute Gasteiger partial charge is 0.441 e. The predicted molar refractivity (Wildman–Crippen MR) is 124 cm³/mol. The fraction of sp³-hybridized carbons (Fsp3) is 0.615. The number of aryl methyl sites for hydroxylation is 2. The second-order valence-corrected chi connectivity index (χ2v) is 9.44. The molecule has 0 unspecified atom stereocenters. The minimum atomic E-state index is 0.155. The number of carbonyl (C=O) groups is 1. The van der Waals surface area contributed by atoms with Crippen LogP contribution in [0.4, 0.5) is 0 Å². The van der Waals surface area contributed by atoms with Crippen molar-refractivity contribution in [2.45, 2.75) is 84.2 Å². The number of rotatable bonds is 5. The summed E-state index contributed by atoms with van der Waals surface area (Å²) >= 11 is 0. The first kappa shape index (κ1) is 22.1. The summed E-state index contributed by atoms with van der Waals surface area (Å²) in [5, 5.41) is 3.37. The van der Waals surface area contributed by atoms with Crippen LogP contribution in [-0.2, 0) is 11.3 Å². The Bertz CT molecular complexity index is 859. The molecule has 0 bridgehead atoms. The first-order valence-electron chi connectivity index (χ1n) is 12.1. The quantitative estimate of drug-likeness (QED) is 0.699. The fourth-order valence-electron chi connectivity index (χ4n) is 4.99. The SMILES string of the molecule is Cc1ccccc1-c1nc(CN2CCC(C(=O)NC3CCCCCCC3)CC2)c(C)o1. The zero-order valence-corrected chi connectivity index (χ0v) is 19.2. The van der Waals surface area contributed by atoms with Crippen molar-refractivity contribution in [3.63, 3.8) is 0 Å². The van der Waals surface area contributed by atoms with Gasteiger partial charge in [-0.1, -0.05) is 50.3 Å². The molecular formula is C26H37N3O2. The van der Waals surface area contributed by atoms with Gasteiger partial charge in [-0.2, -0.15) is 0 Å². The van der Waals surface area contributed by atoms with Crippen LogP contribution in [0.5, 0.6) is 0 Å². The standard InChI is InChI=1S/C26H37N3O2/c1-19-10-8-9-13-23(19)26-28-24(20(2)31-26)18-29-16-14-21(15-17-29)25(30)27-22-11-6-4-3-5-7-12-22/h8-10,13,21-22H,3-7,11-12,14-18H2,1-2H3,(H,27,30). The van der Waals surface area contributed by atoms with E-state index in [4.69, 9.17) is 9.40 Å². The Morgan fingerprint density at radius 1 is 1.03 bits per heavy atom. The Morgan fingerprint density at radius 3 is 2.42 bits per heavy atom. The molecule has 0 atom stereocenters. The molecule has 2 heterocycles. The summed E-state index contributed by atoms with van der Waals surface area (Å²) in [5.41, 5.74) is 3.24. The van der Waals surface area contributed by atoms with Gasteiger partial charge in [0.25, 0.3) is 0 Å². The summed E-state index contributed by atoms with van der Waals surface area (Å²) in [7, 11) is 0. The Morgan fingerprint density at radius 2 is 1.71 bits per heavy atom. The van der Waals surface area contributed by atoms with Gasteiger partial charge in [-0.05, 0) is 64.3 Å². The van der Waals surface area contributed by atoms with E-state index in [1.54, 1.807) is 0 Å². The topological polar surface area (TPSA) is 58.4 Å². The van der Waals surface area contributed by atoms with Gasteiger partial charge < -0.3 is 9.73 Å². The second-order valence-electron chi connectivity index (χ2n) is 9.44. The van der Waals surface area contributed by atoms with Gasteiger partial charge in [0, 0.05) is 24.1 Å². The monoisotopic (exact) mass is 423 g/mol. The molecule has 2 aromatic rings. The third-order valence-electron chi connectivity index (χ3n) is 7.05. The summed E-state index contributed by atoms with van der Waals surface area (Å²) in [6, 6.07) is 8.59. The molecule has 1 N–H and O–H groups in total. The first-order valence-corrected chi connectivity index (χ1v) is 12.1. The molecule has 168 valence electrons. The average molecular weight is 424 g/mol. The number of likely N-dealkylation sites (tertiary alicyclic amines) is 1. The highest BCUT2D eigenvalue weighted by Gasteiger charge is 2.27. The molecule has 1 aliphatic carbocycles. The van der Waals surface area contributed by atoms with Crippen molar-refractivity contribution in [3.8, 4) is 11.5 Å². The Balaban J connectivity index is 1.28. The zero-order valence-electron chi connectivity index (χ0n) is 19.2. The van der Waals surface area contributed by atoms with Gasteiger partial charge in [0.05, 0.1) is 5.69 Å². The highest BCUT2D eigenvalue weighted by atomic mass is 16.4. The maximum absolute atomic E-state index is 12.8. The van der Waals surface area contributed by atoms with Crippen molar-refractivity contribution in [2.24, 2.45) is 5.92 Å². The van der Waals surface area contributed by atoms with E-state index in [0.717, 1.165) is 62.3 Å². The lowest BCUT2D eigenvalue weighted by atomic mass is 9.93. The van der Waals surface area contributed by atoms with Gasteiger partial charge in [-0.15, -0.1) is 0 Å². The molecule has 1 aromatic carbocycles. The maximum atomic E-state index is 12.8. The van der Waals surface area contributed by atoms with Gasteiger partial charge >= 0.3 is 0 Å². The number of amides is 1. The Kier molecular flexibility index (Phi) is 7.44. The third kappa shape index (κ3) is 5.76. The number of nitrogens with one attached hydrogen (secondary N) is 1. The maximum Gasteiger partial charge on any atom is 0.226 e. The van der Waals surface area contributed by atoms with Crippen LogP contribution in [0, 0.1) is 19.8 Å². The Labute approximate surface area is 186 Å². The highest BCUT2D eigenvalue weighted by molar-refractivity contribution is 5.79. The normalized spacial score (nSPS) is 19.7. The molecule has 1 saturated carbocycles. The van der Waals surface area contributed by atoms with Crippen LogP contribution in [-0.4, -0.2) is 34.9 Å². The molecule has 5 nitrogen and oxygen atoms in total. The number of piperidine rings is 1. The lowest BCUT2D eigenvalue weighted by Gasteiger charge is -2.32. The summed E-state index contributed by atoms with van der Waals surface area (Å²) in [5.74, 6) is 2.04. The van der Waals surface area contributed by atoms with Crippen molar-refractivity contribution in [1.82, 2.24) is 15.2 Å². The number of oxazole rings is 1. The van der Waals surface area contributed by atoms with E-state index in [9.17, 15) is 4.79 Å². The summed E-state index contributed by atoms with van der Waals surface area (Å²) in [6.45, 7) is 6.75. The van der Waals surface area contributed by atoms with Crippen LogP contribution < -0.4 is 5.32 Å². The number of hydrogen-bond acceptors (Lipinski definition) is 4. The van der Waals surface area contributed by atoms with Crippen LogP contribution in [0.25, 0.3) is 11.5 Å². The van der Waals surface area contributed by atoms with Crippen LogP contribution in [0.1, 0.15) is 74.8 Å². The first-order chi connectivity index (χ1) is 15.1. The van der Waals surface area contributed by atoms with Gasteiger partial charge in [-0.3, -0.25) is 9.69 Å². The predicted octanol–water partition coefficient (Wildman–Crippen LogP) is 5.40. The number of nitrogens with zero attached hydrogens (tertiary/aromatic N) is 2. The van der Waals surface area contributed by atoms with E-state index in [0.29, 0.717) is 11.9 Å². The van der Waals surface area contributed by atoms with Gasteiger partial charge in [0.15, 0.2) is 0 Å². The van der Waals surface area contributed by atoms with Crippen molar-refractivity contribution in [1.29, 1.82) is 0 Å². The van der Waals surface area contributed by atoms with Crippen molar-refractivity contribution in [2.75, 3.05) is 13.1 Å². The van der Waals surface area contributed by atoms with Gasteiger partial charge in [0.2, 0.25) is 11.8 Å². The minimum Gasteiger partial charge on any atom is -0.441 e. The summed E-state index contributed by atoms with van der Waals surface area (Å²) in [6.07, 6.45) is 10.7. The number of hydrogen-bond donors (Lipinski definition) is 1. The number of aromatic nitrogens is 1. The Hall–Kier alpha value is -2.14. The lowest BCUT2D eigenvalue weighted by molar-refractivity contribution is -0.127. The molecule has 2 aliphatic rings. The molecule has 31 heavy (non-hydrogen) atoms. The van der Waals surface area contributed by atoms with E-state index in [1.165, 1.54) is 37.7 Å². The average Bonchev–Trinajstić information content (AvgIpc) is 3.10. The third-order valence-corrected chi connectivity index (χ3v) is 7.05. The zero-order chi connectivity index (χ0) is 21.6. The van der Waals surface area contributed by atoms with Crippen molar-refractivity contribution in [3.05, 3.63) is 41.3 Å². The molecule has 0 radical (unpaired) electrons. The summed E-state index contributed by atoms with van der Waals surface area (Å²) in [4.78, 5) is 20.0. The van der Waals surface area contributed by atoms with Crippen molar-refractivity contribution < 1.29 is 9.21 Å². The highest BCUT2D eigenvalue weighted by Crippen LogP contribution is 2.27. The van der Waals surface area contributed by atoms with Crippen LogP contribution in [0.2, 0.25) is 0 Å². The van der Waals surface area contributed by atoms with Crippen LogP contribution in [0.3, 0.4) is 0 Å². The molecule has 1 aromatic heterocycles. The molecule has 1 aliphatic heterocycles. The van der Waals surface area contributed by atoms with Gasteiger partial charge in [0.1, 0.15) is 5.76 Å². The molecule has 1 saturated heterocycles. The second kappa shape index (κ2) is 10.4. The van der Waals surface area contributed by atoms with E-state index in [1.807, 2.05) is 19.1 Å². The lowest BCUT2D eigenvalue weighted by Crippen LogP contribution is -2.43. The molecular weight excluding hydrogens is 386 g/mol. The van der Waals surface area contributed by atoms with E-state index in [-0.39, 0.29) is 11.8 Å². The smallest absolute Gasteiger partial charge is 0.226 e. The van der Waals surface area contributed by atoms with Crippen LogP contribution in [0.15, 0.2) is 28.7 Å². The van der Waals surface area contributed by atoms with E-state index >= 15 is 0 Å². The number of carbonyl (C=O) groups excluding carboxylic acids is 1. The number of benzene rings is 1. The molecule has 4 rings (SSSR count). The molecule has 1 amide bonds. The molecule has 0 spiro atoms. The fourth-order valence-corrected chi connectivity index (χ4v) is 4.99. The van der Waals surface area contributed by atoms with Gasteiger partial charge in [-0.25, -0.2) is 4.98 Å². The van der Waals surface area contributed by atoms with E-state index < -0.39 is 0 Å². The van der Waals surface area contributed by atoms with Crippen molar-refractivity contribution >= 4 is 5.91 Å². The summed E-state index contributed by atoms with van der Waals surface area (Å²) < 4.78 is 5.98. The minimum absolute atomic E-state index is 0.155. The molecule has 5 heteroatoms. The van der Waals surface area contributed by atoms with Crippen LogP contribution >= 0.6 is 0 Å². The molecule has 2 fully saturated rings. The van der Waals surface area contributed by atoms with E-state index in [2.05, 4.69) is 29.3 Å².